The predicted molar refractivity (Wildman–Crippen MR) is 87.5 cm³/mol. The number of carbonyl (C=O) groups excluding carboxylic acids is 2. The molecule has 0 radical (unpaired) electrons. The predicted octanol–water partition coefficient (Wildman–Crippen LogP) is 1.13. The first-order valence-electron chi connectivity index (χ1n) is 7.76. The molecule has 1 N–H and O–H groups in total. The molecule has 24 heavy (non-hydrogen) atoms. The van der Waals surface area contributed by atoms with E-state index >= 15 is 0 Å². The summed E-state index contributed by atoms with van der Waals surface area (Å²) in [5.41, 5.74) is 2.10. The molecule has 0 saturated carbocycles. The topological polar surface area (TPSA) is 71.1 Å². The number of urea groups is 1. The molecule has 0 bridgehead atoms. The van der Waals surface area contributed by atoms with Crippen molar-refractivity contribution in [1.82, 2.24) is 15.1 Å². The van der Waals surface area contributed by atoms with Gasteiger partial charge in [-0.3, -0.25) is 9.69 Å². The second-order valence-electron chi connectivity index (χ2n) is 5.76. The minimum Gasteiger partial charge on any atom is -0.496 e. The molecule has 1 atom stereocenters. The van der Waals surface area contributed by atoms with Crippen LogP contribution in [0.15, 0.2) is 35.5 Å². The summed E-state index contributed by atoms with van der Waals surface area (Å²) in [4.78, 5) is 28.4. The molecule has 3 rings (SSSR count). The van der Waals surface area contributed by atoms with Crippen molar-refractivity contribution in [3.63, 3.8) is 0 Å². The van der Waals surface area contributed by atoms with Gasteiger partial charge in [0.05, 0.1) is 37.6 Å². The number of hydrogen-bond acceptors (Lipinski definition) is 4. The lowest BCUT2D eigenvalue weighted by Gasteiger charge is -2.31. The zero-order chi connectivity index (χ0) is 17.3. The van der Waals surface area contributed by atoms with Crippen LogP contribution in [0.1, 0.15) is 11.6 Å². The van der Waals surface area contributed by atoms with Crippen LogP contribution in [-0.4, -0.2) is 62.7 Å². The number of carbonyl (C=O) groups is 2. The first-order chi connectivity index (χ1) is 11.6. The SMILES string of the molecule is COCCN1CC2=C(C1=O)C(c1ccccc1OC)NC(=O)N2C. The summed E-state index contributed by atoms with van der Waals surface area (Å²) in [7, 11) is 4.85. The molecule has 7 heteroatoms. The molecular weight excluding hydrogens is 310 g/mol. The molecule has 0 aromatic heterocycles. The van der Waals surface area contributed by atoms with Crippen LogP contribution in [0, 0.1) is 0 Å². The quantitative estimate of drug-likeness (QED) is 0.878. The van der Waals surface area contributed by atoms with Crippen molar-refractivity contribution >= 4 is 11.9 Å². The maximum Gasteiger partial charge on any atom is 0.322 e. The molecule has 1 unspecified atom stereocenters. The Labute approximate surface area is 140 Å². The Bertz CT molecular complexity index is 701. The monoisotopic (exact) mass is 331 g/mol. The van der Waals surface area contributed by atoms with Gasteiger partial charge in [0.15, 0.2) is 0 Å². The highest BCUT2D eigenvalue weighted by atomic mass is 16.5. The summed E-state index contributed by atoms with van der Waals surface area (Å²) >= 11 is 0. The van der Waals surface area contributed by atoms with Crippen LogP contribution in [0.4, 0.5) is 4.79 Å². The van der Waals surface area contributed by atoms with Crippen molar-refractivity contribution in [3.8, 4) is 5.75 Å². The molecule has 0 fully saturated rings. The van der Waals surface area contributed by atoms with Crippen LogP contribution in [-0.2, 0) is 9.53 Å². The summed E-state index contributed by atoms with van der Waals surface area (Å²) in [6, 6.07) is 6.67. The van der Waals surface area contributed by atoms with E-state index in [4.69, 9.17) is 9.47 Å². The molecule has 0 saturated heterocycles. The summed E-state index contributed by atoms with van der Waals surface area (Å²) in [5, 5.41) is 2.91. The summed E-state index contributed by atoms with van der Waals surface area (Å²) < 4.78 is 10.5. The van der Waals surface area contributed by atoms with E-state index in [0.717, 1.165) is 11.3 Å². The van der Waals surface area contributed by atoms with E-state index in [1.165, 1.54) is 4.90 Å². The maximum absolute atomic E-state index is 12.9. The second-order valence-corrected chi connectivity index (χ2v) is 5.76. The first kappa shape index (κ1) is 16.3. The molecular formula is C17H21N3O4. The number of nitrogens with one attached hydrogen (secondary N) is 1. The number of para-hydroxylation sites is 1. The average molecular weight is 331 g/mol. The molecule has 2 heterocycles. The van der Waals surface area contributed by atoms with Gasteiger partial charge in [0, 0.05) is 26.3 Å². The standard InChI is InChI=1S/C17H21N3O4/c1-19-12-10-20(8-9-23-2)16(21)14(12)15(18-17(19)22)11-6-4-5-7-13(11)24-3/h4-7,15H,8-10H2,1-3H3,(H,18,22). The zero-order valence-electron chi connectivity index (χ0n) is 14.0. The van der Waals surface area contributed by atoms with Gasteiger partial charge < -0.3 is 19.7 Å². The molecule has 0 aliphatic carbocycles. The number of rotatable bonds is 5. The minimum atomic E-state index is -0.514. The van der Waals surface area contributed by atoms with Crippen molar-refractivity contribution in [2.45, 2.75) is 6.04 Å². The molecule has 2 aliphatic rings. The lowest BCUT2D eigenvalue weighted by atomic mass is 9.95. The van der Waals surface area contributed by atoms with E-state index in [2.05, 4.69) is 5.32 Å². The summed E-state index contributed by atoms with van der Waals surface area (Å²) in [6.45, 7) is 1.35. The molecule has 7 nitrogen and oxygen atoms in total. The van der Waals surface area contributed by atoms with Crippen molar-refractivity contribution in [3.05, 3.63) is 41.1 Å². The fourth-order valence-electron chi connectivity index (χ4n) is 3.14. The number of hydrogen-bond donors (Lipinski definition) is 1. The molecule has 3 amide bonds. The number of likely N-dealkylation sites (N-methyl/N-ethyl adjacent to an activating group) is 1. The Morgan fingerprint density at radius 2 is 2.00 bits per heavy atom. The van der Waals surface area contributed by atoms with Gasteiger partial charge in [-0.2, -0.15) is 0 Å². The van der Waals surface area contributed by atoms with E-state index in [0.29, 0.717) is 31.0 Å². The number of amides is 3. The van der Waals surface area contributed by atoms with Crippen LogP contribution in [0.5, 0.6) is 5.75 Å². The summed E-state index contributed by atoms with van der Waals surface area (Å²) in [5.74, 6) is 0.562. The van der Waals surface area contributed by atoms with Crippen LogP contribution in [0.25, 0.3) is 0 Å². The highest BCUT2D eigenvalue weighted by Crippen LogP contribution is 2.38. The van der Waals surface area contributed by atoms with Gasteiger partial charge in [-0.15, -0.1) is 0 Å². The molecule has 2 aliphatic heterocycles. The van der Waals surface area contributed by atoms with Crippen LogP contribution >= 0.6 is 0 Å². The normalized spacial score (nSPS) is 20.4. The Balaban J connectivity index is 2.01. The van der Waals surface area contributed by atoms with Crippen molar-refractivity contribution < 1.29 is 19.1 Å². The fourth-order valence-corrected chi connectivity index (χ4v) is 3.14. The van der Waals surface area contributed by atoms with Gasteiger partial charge >= 0.3 is 6.03 Å². The number of ether oxygens (including phenoxy) is 2. The van der Waals surface area contributed by atoms with E-state index in [1.807, 2.05) is 24.3 Å². The van der Waals surface area contributed by atoms with Crippen LogP contribution in [0.2, 0.25) is 0 Å². The highest BCUT2D eigenvalue weighted by Gasteiger charge is 2.43. The third kappa shape index (κ3) is 2.60. The number of benzene rings is 1. The van der Waals surface area contributed by atoms with E-state index in [1.54, 1.807) is 26.2 Å². The van der Waals surface area contributed by atoms with Crippen LogP contribution in [0.3, 0.4) is 0 Å². The Hall–Kier alpha value is -2.54. The highest BCUT2D eigenvalue weighted by molar-refractivity contribution is 6.01. The number of methoxy groups -OCH3 is 2. The van der Waals surface area contributed by atoms with Crippen molar-refractivity contribution in [2.24, 2.45) is 0 Å². The fraction of sp³-hybridized carbons (Fsp3) is 0.412. The van der Waals surface area contributed by atoms with E-state index in [9.17, 15) is 9.59 Å². The summed E-state index contributed by atoms with van der Waals surface area (Å²) in [6.07, 6.45) is 0. The number of nitrogens with zero attached hydrogens (tertiary/aromatic N) is 2. The van der Waals surface area contributed by atoms with Gasteiger partial charge in [0.25, 0.3) is 5.91 Å². The maximum atomic E-state index is 12.9. The van der Waals surface area contributed by atoms with Gasteiger partial charge in [0.2, 0.25) is 0 Å². The van der Waals surface area contributed by atoms with E-state index in [-0.39, 0.29) is 11.9 Å². The van der Waals surface area contributed by atoms with E-state index < -0.39 is 6.04 Å². The van der Waals surface area contributed by atoms with Gasteiger partial charge in [0.1, 0.15) is 5.75 Å². The molecule has 128 valence electrons. The first-order valence-corrected chi connectivity index (χ1v) is 7.76. The Morgan fingerprint density at radius 3 is 2.71 bits per heavy atom. The Kier molecular flexibility index (Phi) is 4.44. The lowest BCUT2D eigenvalue weighted by molar-refractivity contribution is -0.126. The van der Waals surface area contributed by atoms with Gasteiger partial charge in [-0.05, 0) is 6.07 Å². The van der Waals surface area contributed by atoms with Crippen molar-refractivity contribution in [2.75, 3.05) is 41.0 Å². The largest absolute Gasteiger partial charge is 0.496 e. The molecule has 0 spiro atoms. The van der Waals surface area contributed by atoms with Crippen molar-refractivity contribution in [1.29, 1.82) is 0 Å². The third-order valence-corrected chi connectivity index (χ3v) is 4.45. The van der Waals surface area contributed by atoms with Gasteiger partial charge in [-0.1, -0.05) is 18.2 Å². The lowest BCUT2D eigenvalue weighted by Crippen LogP contribution is -2.45. The smallest absolute Gasteiger partial charge is 0.322 e. The zero-order valence-corrected chi connectivity index (χ0v) is 14.0. The molecule has 1 aromatic rings. The van der Waals surface area contributed by atoms with Gasteiger partial charge in [-0.25, -0.2) is 4.79 Å². The minimum absolute atomic E-state index is 0.0789. The second kappa shape index (κ2) is 6.52. The third-order valence-electron chi connectivity index (χ3n) is 4.45. The average Bonchev–Trinajstić information content (AvgIpc) is 2.93. The Morgan fingerprint density at radius 1 is 1.25 bits per heavy atom. The van der Waals surface area contributed by atoms with Crippen LogP contribution < -0.4 is 10.1 Å². The molecule has 1 aromatic carbocycles.